The van der Waals surface area contributed by atoms with Crippen molar-refractivity contribution in [2.75, 3.05) is 5.32 Å². The van der Waals surface area contributed by atoms with Gasteiger partial charge in [-0.05, 0) is 55.6 Å². The molecule has 1 N–H and O–H groups in total. The maximum absolute atomic E-state index is 11.9. The average molecular weight is 460 g/mol. The summed E-state index contributed by atoms with van der Waals surface area (Å²) < 4.78 is 2.54. The molecular weight excluding hydrogens is 450 g/mol. The molecule has 0 fully saturated rings. The van der Waals surface area contributed by atoms with Crippen LogP contribution in [0.2, 0.25) is 0 Å². The summed E-state index contributed by atoms with van der Waals surface area (Å²) in [6.07, 6.45) is 3.28. The van der Waals surface area contributed by atoms with E-state index in [2.05, 4.69) is 53.1 Å². The Bertz CT molecular complexity index is 630. The number of benzene rings is 2. The van der Waals surface area contributed by atoms with Gasteiger partial charge in [0.1, 0.15) is 0 Å². The van der Waals surface area contributed by atoms with Crippen molar-refractivity contribution in [2.24, 2.45) is 0 Å². The van der Waals surface area contributed by atoms with Gasteiger partial charge in [-0.3, -0.25) is 4.79 Å². The van der Waals surface area contributed by atoms with E-state index in [0.29, 0.717) is 5.69 Å². The first kappa shape index (κ1) is 15.5. The zero-order valence-electron chi connectivity index (χ0n) is 10.2. The van der Waals surface area contributed by atoms with Crippen LogP contribution in [-0.4, -0.2) is 5.91 Å². The summed E-state index contributed by atoms with van der Waals surface area (Å²) in [5.74, 6) is -0.183. The second kappa shape index (κ2) is 7.20. The van der Waals surface area contributed by atoms with Crippen LogP contribution in [0.4, 0.5) is 5.69 Å². The second-order valence-electron chi connectivity index (χ2n) is 3.98. The molecule has 0 aliphatic carbocycles. The predicted molar refractivity (Wildman–Crippen MR) is 93.6 cm³/mol. The van der Waals surface area contributed by atoms with Gasteiger partial charge in [0.25, 0.3) is 0 Å². The minimum absolute atomic E-state index is 0.183. The zero-order valence-corrected chi connectivity index (χ0v) is 15.0. The average Bonchev–Trinajstić information content (AvgIpc) is 2.42. The van der Waals surface area contributed by atoms with Crippen LogP contribution in [-0.2, 0) is 4.79 Å². The van der Waals surface area contributed by atoms with Crippen LogP contribution in [0.15, 0.2) is 62.0 Å². The summed E-state index contributed by atoms with van der Waals surface area (Å²) in [6, 6.07) is 13.4. The van der Waals surface area contributed by atoms with Crippen molar-refractivity contribution < 1.29 is 4.79 Å². The van der Waals surface area contributed by atoms with E-state index < -0.39 is 0 Å². The maximum atomic E-state index is 11.9. The Morgan fingerprint density at radius 2 is 1.60 bits per heavy atom. The molecule has 0 unspecified atom stereocenters. The quantitative estimate of drug-likeness (QED) is 0.592. The Kier molecular flexibility index (Phi) is 5.57. The molecule has 0 radical (unpaired) electrons. The van der Waals surface area contributed by atoms with Crippen LogP contribution in [0.3, 0.4) is 0 Å². The SMILES string of the molecule is O=C(/C=C\c1ccccc1)Nc1c(Br)cc(Br)cc1Br. The summed E-state index contributed by atoms with van der Waals surface area (Å²) >= 11 is 10.2. The zero-order chi connectivity index (χ0) is 14.5. The standard InChI is InChI=1S/C15H10Br3NO/c16-11-8-12(17)15(13(18)9-11)19-14(20)7-6-10-4-2-1-3-5-10/h1-9H,(H,19,20)/b7-6-. The smallest absolute Gasteiger partial charge is 0.248 e. The topological polar surface area (TPSA) is 29.1 Å². The van der Waals surface area contributed by atoms with Gasteiger partial charge in [-0.15, -0.1) is 0 Å². The van der Waals surface area contributed by atoms with Crippen molar-refractivity contribution in [3.8, 4) is 0 Å². The first-order chi connectivity index (χ1) is 9.56. The lowest BCUT2D eigenvalue weighted by molar-refractivity contribution is -0.111. The summed E-state index contributed by atoms with van der Waals surface area (Å²) in [4.78, 5) is 11.9. The molecule has 5 heteroatoms. The van der Waals surface area contributed by atoms with Gasteiger partial charge >= 0.3 is 0 Å². The monoisotopic (exact) mass is 457 g/mol. The number of carbonyl (C=O) groups is 1. The molecule has 102 valence electrons. The van der Waals surface area contributed by atoms with E-state index in [1.165, 1.54) is 6.08 Å². The Balaban J connectivity index is 2.11. The van der Waals surface area contributed by atoms with E-state index in [-0.39, 0.29) is 5.91 Å². The minimum Gasteiger partial charge on any atom is -0.321 e. The van der Waals surface area contributed by atoms with Crippen LogP contribution >= 0.6 is 47.8 Å². The van der Waals surface area contributed by atoms with Crippen molar-refractivity contribution in [3.63, 3.8) is 0 Å². The van der Waals surface area contributed by atoms with Crippen molar-refractivity contribution >= 4 is 65.5 Å². The van der Waals surface area contributed by atoms with E-state index in [1.807, 2.05) is 42.5 Å². The first-order valence-corrected chi connectivity index (χ1v) is 8.13. The number of hydrogen-bond acceptors (Lipinski definition) is 1. The normalized spacial score (nSPS) is 10.8. The molecule has 0 aliphatic heterocycles. The Morgan fingerprint density at radius 3 is 2.20 bits per heavy atom. The fraction of sp³-hybridized carbons (Fsp3) is 0. The Morgan fingerprint density at radius 1 is 1.00 bits per heavy atom. The molecule has 2 rings (SSSR count). The molecule has 0 atom stereocenters. The highest BCUT2D eigenvalue weighted by Crippen LogP contribution is 2.34. The number of amides is 1. The summed E-state index contributed by atoms with van der Waals surface area (Å²) in [5, 5.41) is 2.84. The fourth-order valence-electron chi connectivity index (χ4n) is 1.56. The number of nitrogens with one attached hydrogen (secondary N) is 1. The highest BCUT2D eigenvalue weighted by molar-refractivity contribution is 9.11. The van der Waals surface area contributed by atoms with Crippen molar-refractivity contribution in [2.45, 2.75) is 0 Å². The molecular formula is C15H10Br3NO. The highest BCUT2D eigenvalue weighted by atomic mass is 79.9. The van der Waals surface area contributed by atoms with Gasteiger partial charge in [0.05, 0.1) is 5.69 Å². The lowest BCUT2D eigenvalue weighted by atomic mass is 10.2. The third-order valence-corrected chi connectivity index (χ3v) is 4.19. The minimum atomic E-state index is -0.183. The van der Waals surface area contributed by atoms with Gasteiger partial charge in [0.15, 0.2) is 0 Å². The van der Waals surface area contributed by atoms with E-state index >= 15 is 0 Å². The molecule has 0 aliphatic rings. The molecule has 0 aromatic heterocycles. The molecule has 2 aromatic carbocycles. The summed E-state index contributed by atoms with van der Waals surface area (Å²) in [5.41, 5.74) is 1.69. The summed E-state index contributed by atoms with van der Waals surface area (Å²) in [7, 11) is 0. The summed E-state index contributed by atoms with van der Waals surface area (Å²) in [6.45, 7) is 0. The lowest BCUT2D eigenvalue weighted by Crippen LogP contribution is -2.08. The van der Waals surface area contributed by atoms with E-state index in [0.717, 1.165) is 19.0 Å². The van der Waals surface area contributed by atoms with Crippen molar-refractivity contribution in [1.29, 1.82) is 0 Å². The van der Waals surface area contributed by atoms with E-state index in [4.69, 9.17) is 0 Å². The molecule has 2 nitrogen and oxygen atoms in total. The number of rotatable bonds is 3. The molecule has 0 heterocycles. The van der Waals surface area contributed by atoms with Crippen LogP contribution in [0.25, 0.3) is 6.08 Å². The molecule has 0 saturated heterocycles. The van der Waals surface area contributed by atoms with Gasteiger partial charge < -0.3 is 5.32 Å². The first-order valence-electron chi connectivity index (χ1n) is 5.75. The number of halogens is 3. The van der Waals surface area contributed by atoms with E-state index in [1.54, 1.807) is 6.08 Å². The molecule has 0 spiro atoms. The Hall–Kier alpha value is -0.910. The third kappa shape index (κ3) is 4.30. The predicted octanol–water partition coefficient (Wildman–Crippen LogP) is 5.63. The highest BCUT2D eigenvalue weighted by Gasteiger charge is 2.08. The maximum Gasteiger partial charge on any atom is 0.248 e. The number of anilines is 1. The van der Waals surface area contributed by atoms with Gasteiger partial charge in [-0.25, -0.2) is 0 Å². The van der Waals surface area contributed by atoms with Gasteiger partial charge in [0, 0.05) is 19.5 Å². The van der Waals surface area contributed by atoms with Crippen molar-refractivity contribution in [3.05, 3.63) is 67.5 Å². The van der Waals surface area contributed by atoms with Gasteiger partial charge in [-0.1, -0.05) is 46.3 Å². The molecule has 0 bridgehead atoms. The van der Waals surface area contributed by atoms with Crippen molar-refractivity contribution in [1.82, 2.24) is 0 Å². The molecule has 20 heavy (non-hydrogen) atoms. The van der Waals surface area contributed by atoms with Crippen LogP contribution in [0.5, 0.6) is 0 Å². The van der Waals surface area contributed by atoms with Crippen LogP contribution in [0.1, 0.15) is 5.56 Å². The number of carbonyl (C=O) groups excluding carboxylic acids is 1. The van der Waals surface area contributed by atoms with Gasteiger partial charge in [-0.2, -0.15) is 0 Å². The van der Waals surface area contributed by atoms with Crippen LogP contribution in [0, 0.1) is 0 Å². The fourth-order valence-corrected chi connectivity index (χ4v) is 4.02. The largest absolute Gasteiger partial charge is 0.321 e. The molecule has 1 amide bonds. The third-order valence-electron chi connectivity index (χ3n) is 2.48. The van der Waals surface area contributed by atoms with Gasteiger partial charge in [0.2, 0.25) is 5.91 Å². The molecule has 2 aromatic rings. The Labute approximate surface area is 142 Å². The molecule has 0 saturated carbocycles. The number of hydrogen-bond donors (Lipinski definition) is 1. The lowest BCUT2D eigenvalue weighted by Gasteiger charge is -2.08. The van der Waals surface area contributed by atoms with Crippen LogP contribution < -0.4 is 5.32 Å². The van der Waals surface area contributed by atoms with E-state index in [9.17, 15) is 4.79 Å². The second-order valence-corrected chi connectivity index (χ2v) is 6.60.